The van der Waals surface area contributed by atoms with Gasteiger partial charge in [0.15, 0.2) is 0 Å². The van der Waals surface area contributed by atoms with Crippen molar-refractivity contribution in [2.75, 3.05) is 13.1 Å². The van der Waals surface area contributed by atoms with Crippen molar-refractivity contribution in [3.05, 3.63) is 0 Å². The lowest BCUT2D eigenvalue weighted by Crippen LogP contribution is -2.48. The van der Waals surface area contributed by atoms with E-state index >= 15 is 0 Å². The van der Waals surface area contributed by atoms with E-state index in [2.05, 4.69) is 19.2 Å². The molecule has 0 aliphatic carbocycles. The van der Waals surface area contributed by atoms with Crippen molar-refractivity contribution in [1.82, 2.24) is 10.2 Å². The molecule has 3 atom stereocenters. The lowest BCUT2D eigenvalue weighted by molar-refractivity contribution is -0.138. The zero-order valence-corrected chi connectivity index (χ0v) is 12.4. The number of imide groups is 1. The van der Waals surface area contributed by atoms with E-state index in [1.165, 1.54) is 0 Å². The Bertz CT molecular complexity index is 383. The Morgan fingerprint density at radius 3 is 2.45 bits per heavy atom. The molecule has 0 aromatic rings. The number of piperidine rings is 1. The molecule has 1 rings (SSSR count). The van der Waals surface area contributed by atoms with Gasteiger partial charge in [0.2, 0.25) is 5.91 Å². The van der Waals surface area contributed by atoms with E-state index in [9.17, 15) is 14.4 Å². The first-order valence-electron chi connectivity index (χ1n) is 7.10. The van der Waals surface area contributed by atoms with Gasteiger partial charge >= 0.3 is 12.0 Å². The fourth-order valence-electron chi connectivity index (χ4n) is 2.38. The van der Waals surface area contributed by atoms with Crippen molar-refractivity contribution in [3.8, 4) is 0 Å². The molecule has 0 spiro atoms. The number of carboxylic acids is 1. The summed E-state index contributed by atoms with van der Waals surface area (Å²) in [6.07, 6.45) is 0.926. The number of hydrogen-bond acceptors (Lipinski definition) is 3. The first-order chi connectivity index (χ1) is 9.29. The van der Waals surface area contributed by atoms with Crippen LogP contribution in [0.3, 0.4) is 0 Å². The molecule has 1 aliphatic rings. The molecule has 0 radical (unpaired) electrons. The molecular formula is C14H24N2O4. The van der Waals surface area contributed by atoms with Crippen LogP contribution < -0.4 is 5.32 Å². The minimum atomic E-state index is -0.935. The topological polar surface area (TPSA) is 86.7 Å². The Balaban J connectivity index is 2.38. The van der Waals surface area contributed by atoms with E-state index in [0.717, 1.165) is 6.42 Å². The second-order valence-electron chi connectivity index (χ2n) is 5.95. The van der Waals surface area contributed by atoms with E-state index in [1.54, 1.807) is 11.8 Å². The summed E-state index contributed by atoms with van der Waals surface area (Å²) in [5.74, 6) is -0.605. The van der Waals surface area contributed by atoms with E-state index in [1.807, 2.05) is 0 Å². The lowest BCUT2D eigenvalue weighted by Gasteiger charge is -2.35. The summed E-state index contributed by atoms with van der Waals surface area (Å²) in [4.78, 5) is 35.8. The third kappa shape index (κ3) is 5.19. The van der Waals surface area contributed by atoms with Gasteiger partial charge in [0, 0.05) is 25.9 Å². The Hall–Kier alpha value is -1.59. The van der Waals surface area contributed by atoms with Gasteiger partial charge in [-0.1, -0.05) is 20.8 Å². The van der Waals surface area contributed by atoms with Crippen LogP contribution in [0.2, 0.25) is 0 Å². The van der Waals surface area contributed by atoms with Crippen molar-refractivity contribution < 1.29 is 19.5 Å². The molecule has 6 nitrogen and oxygen atoms in total. The van der Waals surface area contributed by atoms with Gasteiger partial charge in [0.1, 0.15) is 0 Å². The molecule has 1 fully saturated rings. The zero-order chi connectivity index (χ0) is 15.3. The SMILES string of the molecule is CC(CC(=O)O)CC(=O)NC(=O)N1CCC(C)C(C)C1. The number of nitrogens with zero attached hydrogens (tertiary/aromatic N) is 1. The highest BCUT2D eigenvalue weighted by Gasteiger charge is 2.26. The second-order valence-corrected chi connectivity index (χ2v) is 5.95. The molecule has 0 aromatic heterocycles. The minimum Gasteiger partial charge on any atom is -0.481 e. The van der Waals surface area contributed by atoms with Crippen LogP contribution in [0, 0.1) is 17.8 Å². The summed E-state index contributed by atoms with van der Waals surface area (Å²) in [5, 5.41) is 11.0. The molecular weight excluding hydrogens is 260 g/mol. The largest absolute Gasteiger partial charge is 0.481 e. The van der Waals surface area contributed by atoms with Crippen LogP contribution in [0.15, 0.2) is 0 Å². The average molecular weight is 284 g/mol. The number of rotatable bonds is 4. The molecule has 2 N–H and O–H groups in total. The standard InChI is InChI=1S/C14H24N2O4/c1-9(7-13(18)19)6-12(17)15-14(20)16-5-4-10(2)11(3)8-16/h9-11H,4-8H2,1-3H3,(H,18,19)(H,15,17,20). The fourth-order valence-corrected chi connectivity index (χ4v) is 2.38. The summed E-state index contributed by atoms with van der Waals surface area (Å²) < 4.78 is 0. The van der Waals surface area contributed by atoms with Crippen LogP contribution in [-0.4, -0.2) is 41.0 Å². The molecule has 1 saturated heterocycles. The van der Waals surface area contributed by atoms with Crippen LogP contribution in [0.1, 0.15) is 40.0 Å². The number of carboxylic acid groups (broad SMARTS) is 1. The number of likely N-dealkylation sites (tertiary alicyclic amines) is 1. The molecule has 114 valence electrons. The van der Waals surface area contributed by atoms with E-state index in [0.29, 0.717) is 24.9 Å². The minimum absolute atomic E-state index is 0.0534. The summed E-state index contributed by atoms with van der Waals surface area (Å²) >= 11 is 0. The van der Waals surface area contributed by atoms with Crippen molar-refractivity contribution in [2.24, 2.45) is 17.8 Å². The molecule has 0 saturated carbocycles. The Morgan fingerprint density at radius 1 is 1.25 bits per heavy atom. The third-order valence-corrected chi connectivity index (χ3v) is 3.92. The number of nitrogens with one attached hydrogen (secondary N) is 1. The smallest absolute Gasteiger partial charge is 0.324 e. The summed E-state index contributed by atoms with van der Waals surface area (Å²) in [7, 11) is 0. The monoisotopic (exact) mass is 284 g/mol. The number of hydrogen-bond donors (Lipinski definition) is 2. The van der Waals surface area contributed by atoms with Gasteiger partial charge in [0.25, 0.3) is 0 Å². The van der Waals surface area contributed by atoms with Gasteiger partial charge in [-0.15, -0.1) is 0 Å². The summed E-state index contributed by atoms with van der Waals surface area (Å²) in [6.45, 7) is 7.27. The Labute approximate surface area is 119 Å². The molecule has 6 heteroatoms. The van der Waals surface area contributed by atoms with Crippen LogP contribution >= 0.6 is 0 Å². The number of urea groups is 1. The van der Waals surface area contributed by atoms with Gasteiger partial charge < -0.3 is 10.0 Å². The molecule has 0 aromatic carbocycles. The maximum atomic E-state index is 11.9. The van der Waals surface area contributed by atoms with Crippen molar-refractivity contribution in [1.29, 1.82) is 0 Å². The van der Waals surface area contributed by atoms with E-state index in [-0.39, 0.29) is 24.8 Å². The maximum Gasteiger partial charge on any atom is 0.324 e. The van der Waals surface area contributed by atoms with Gasteiger partial charge in [-0.2, -0.15) is 0 Å². The molecule has 20 heavy (non-hydrogen) atoms. The lowest BCUT2D eigenvalue weighted by atomic mass is 9.89. The number of aliphatic carboxylic acids is 1. The Kier molecular flexibility index (Phi) is 5.98. The van der Waals surface area contributed by atoms with E-state index < -0.39 is 11.9 Å². The number of carbonyl (C=O) groups is 3. The van der Waals surface area contributed by atoms with Crippen LogP contribution in [0.4, 0.5) is 4.79 Å². The van der Waals surface area contributed by atoms with Gasteiger partial charge in [0.05, 0.1) is 0 Å². The quantitative estimate of drug-likeness (QED) is 0.822. The normalized spacial score (nSPS) is 24.1. The first-order valence-corrected chi connectivity index (χ1v) is 7.10. The van der Waals surface area contributed by atoms with Crippen molar-refractivity contribution in [3.63, 3.8) is 0 Å². The highest BCUT2D eigenvalue weighted by Crippen LogP contribution is 2.22. The summed E-state index contributed by atoms with van der Waals surface area (Å²) in [5.41, 5.74) is 0. The van der Waals surface area contributed by atoms with Gasteiger partial charge in [-0.05, 0) is 24.2 Å². The van der Waals surface area contributed by atoms with Crippen LogP contribution in [-0.2, 0) is 9.59 Å². The zero-order valence-electron chi connectivity index (χ0n) is 12.4. The number of carbonyl (C=O) groups excluding carboxylic acids is 2. The second kappa shape index (κ2) is 7.26. The van der Waals surface area contributed by atoms with Crippen molar-refractivity contribution >= 4 is 17.9 Å². The van der Waals surface area contributed by atoms with Crippen LogP contribution in [0.25, 0.3) is 0 Å². The highest BCUT2D eigenvalue weighted by atomic mass is 16.4. The molecule has 3 unspecified atom stereocenters. The predicted octanol–water partition coefficient (Wildman–Crippen LogP) is 1.70. The molecule has 1 aliphatic heterocycles. The molecule has 3 amide bonds. The average Bonchev–Trinajstić information content (AvgIpc) is 2.30. The fraction of sp³-hybridized carbons (Fsp3) is 0.786. The third-order valence-electron chi connectivity index (χ3n) is 3.92. The van der Waals surface area contributed by atoms with Crippen LogP contribution in [0.5, 0.6) is 0 Å². The van der Waals surface area contributed by atoms with Gasteiger partial charge in [-0.25, -0.2) is 4.79 Å². The van der Waals surface area contributed by atoms with E-state index in [4.69, 9.17) is 5.11 Å². The predicted molar refractivity (Wildman–Crippen MR) is 74.1 cm³/mol. The summed E-state index contributed by atoms with van der Waals surface area (Å²) in [6, 6.07) is -0.365. The van der Waals surface area contributed by atoms with Gasteiger partial charge in [-0.3, -0.25) is 14.9 Å². The first kappa shape index (κ1) is 16.5. The maximum absolute atomic E-state index is 11.9. The number of amides is 3. The Morgan fingerprint density at radius 2 is 1.90 bits per heavy atom. The highest BCUT2D eigenvalue weighted by molar-refractivity contribution is 5.94. The molecule has 1 heterocycles. The molecule has 0 bridgehead atoms. The van der Waals surface area contributed by atoms with Crippen molar-refractivity contribution in [2.45, 2.75) is 40.0 Å².